The summed E-state index contributed by atoms with van der Waals surface area (Å²) in [5.41, 5.74) is 0.787. The van der Waals surface area contributed by atoms with Gasteiger partial charge < -0.3 is 35.0 Å². The largest absolute Gasteiger partial charge is 0.480 e. The van der Waals surface area contributed by atoms with E-state index in [-0.39, 0.29) is 54.4 Å². The molecule has 1 fully saturated rings. The lowest BCUT2D eigenvalue weighted by molar-refractivity contribution is -0.148. The van der Waals surface area contributed by atoms with Crippen LogP contribution in [0.3, 0.4) is 0 Å². The van der Waals surface area contributed by atoms with E-state index in [4.69, 9.17) is 9.47 Å². The average Bonchev–Trinajstić information content (AvgIpc) is 3.67. The van der Waals surface area contributed by atoms with Gasteiger partial charge in [0, 0.05) is 34.2 Å². The van der Waals surface area contributed by atoms with Crippen LogP contribution in [0.5, 0.6) is 0 Å². The number of nitrogens with zero attached hydrogens (tertiary/aromatic N) is 3. The molecule has 1 aromatic rings. The number of rotatable bonds is 26. The van der Waals surface area contributed by atoms with Crippen LogP contribution < -0.4 is 10.6 Å². The molecule has 1 aliphatic heterocycles. The van der Waals surface area contributed by atoms with Gasteiger partial charge >= 0.3 is 5.97 Å². The first-order valence-corrected chi connectivity index (χ1v) is 21.6. The van der Waals surface area contributed by atoms with Crippen molar-refractivity contribution in [3.63, 3.8) is 0 Å². The number of ether oxygens (including phenoxy) is 2. The number of carboxylic acid groups (broad SMARTS) is 1. The minimum Gasteiger partial charge on any atom is -0.480 e. The summed E-state index contributed by atoms with van der Waals surface area (Å²) in [4.78, 5) is 73.8. The lowest BCUT2D eigenvalue weighted by atomic mass is 9.89. The predicted octanol–water partition coefficient (Wildman–Crippen LogP) is 5.40. The summed E-state index contributed by atoms with van der Waals surface area (Å²) in [6.07, 6.45) is 5.23. The second-order valence-electron chi connectivity index (χ2n) is 17.1. The predicted molar refractivity (Wildman–Crippen MR) is 228 cm³/mol. The van der Waals surface area contributed by atoms with Crippen molar-refractivity contribution in [1.82, 2.24) is 25.3 Å². The van der Waals surface area contributed by atoms with E-state index in [0.717, 1.165) is 44.2 Å². The zero-order valence-corrected chi connectivity index (χ0v) is 37.7. The van der Waals surface area contributed by atoms with Crippen LogP contribution in [0.4, 0.5) is 0 Å². The molecule has 1 saturated heterocycles. The average molecular weight is 816 g/mol. The molecule has 0 aromatic heterocycles. The first-order chi connectivity index (χ1) is 27.4. The molecule has 0 spiro atoms. The number of amides is 4. The van der Waals surface area contributed by atoms with Crippen molar-refractivity contribution in [2.24, 2.45) is 23.7 Å². The fourth-order valence-corrected chi connectivity index (χ4v) is 8.57. The molecule has 58 heavy (non-hydrogen) atoms. The van der Waals surface area contributed by atoms with Crippen molar-refractivity contribution in [2.45, 2.75) is 156 Å². The van der Waals surface area contributed by atoms with Crippen molar-refractivity contribution in [3.8, 4) is 0 Å². The summed E-state index contributed by atoms with van der Waals surface area (Å²) in [5, 5.41) is 15.7. The minimum atomic E-state index is -1.14. The Hall–Kier alpha value is -3.55. The molecule has 4 amide bonds. The van der Waals surface area contributed by atoms with Gasteiger partial charge in [-0.1, -0.05) is 111 Å². The van der Waals surface area contributed by atoms with Gasteiger partial charge in [-0.15, -0.1) is 0 Å². The van der Waals surface area contributed by atoms with Gasteiger partial charge in [0.05, 0.1) is 42.7 Å². The number of carbonyl (C=O) groups excluding carboxylic acids is 4. The third kappa shape index (κ3) is 14.3. The summed E-state index contributed by atoms with van der Waals surface area (Å²) >= 11 is 0. The van der Waals surface area contributed by atoms with Gasteiger partial charge in [0.1, 0.15) is 12.1 Å². The lowest BCUT2D eigenvalue weighted by Gasteiger charge is -2.41. The fourth-order valence-electron chi connectivity index (χ4n) is 8.57. The number of carbonyl (C=O) groups is 5. The molecule has 3 N–H and O–H groups in total. The van der Waals surface area contributed by atoms with Crippen LogP contribution in [-0.4, -0.2) is 133 Å². The number of hydrogen-bond donors (Lipinski definition) is 3. The Morgan fingerprint density at radius 1 is 0.879 bits per heavy atom. The number of aliphatic carboxylic acids is 1. The van der Waals surface area contributed by atoms with Crippen molar-refractivity contribution in [1.29, 1.82) is 0 Å². The van der Waals surface area contributed by atoms with Gasteiger partial charge in [-0.05, 0) is 56.2 Å². The quantitative estimate of drug-likeness (QED) is 0.104. The fraction of sp³-hybridized carbons (Fsp3) is 0.756. The Kier molecular flexibility index (Phi) is 21.9. The summed E-state index contributed by atoms with van der Waals surface area (Å²) in [6.45, 7) is 17.1. The summed E-state index contributed by atoms with van der Waals surface area (Å²) in [6, 6.07) is 5.93. The van der Waals surface area contributed by atoms with Crippen molar-refractivity contribution in [2.75, 3.05) is 41.4 Å². The Balaban J connectivity index is 2.26. The lowest BCUT2D eigenvalue weighted by Crippen LogP contribution is -2.60. The molecule has 2 rings (SSSR count). The van der Waals surface area contributed by atoms with E-state index in [1.54, 1.807) is 30.9 Å². The van der Waals surface area contributed by atoms with Gasteiger partial charge in [-0.3, -0.25) is 24.1 Å². The molecule has 1 aromatic carbocycles. The van der Waals surface area contributed by atoms with Crippen LogP contribution in [0, 0.1) is 23.7 Å². The maximum Gasteiger partial charge on any atom is 0.326 e. The van der Waals surface area contributed by atoms with Gasteiger partial charge in [0.2, 0.25) is 23.6 Å². The Bertz CT molecular complexity index is 1430. The molecule has 0 radical (unpaired) electrons. The summed E-state index contributed by atoms with van der Waals surface area (Å²) in [7, 11) is 6.77. The highest BCUT2D eigenvalue weighted by Gasteiger charge is 2.43. The molecule has 330 valence electrons. The van der Waals surface area contributed by atoms with E-state index >= 15 is 0 Å². The van der Waals surface area contributed by atoms with E-state index in [2.05, 4.69) is 22.5 Å². The molecular weight excluding hydrogens is 739 g/mol. The third-order valence-electron chi connectivity index (χ3n) is 12.1. The van der Waals surface area contributed by atoms with Crippen LogP contribution in [0.2, 0.25) is 0 Å². The van der Waals surface area contributed by atoms with Crippen LogP contribution in [0.15, 0.2) is 30.3 Å². The van der Waals surface area contributed by atoms with E-state index in [1.807, 2.05) is 78.9 Å². The molecule has 9 atom stereocenters. The van der Waals surface area contributed by atoms with E-state index in [9.17, 15) is 29.1 Å². The van der Waals surface area contributed by atoms with Gasteiger partial charge in [0.15, 0.2) is 0 Å². The zero-order valence-electron chi connectivity index (χ0n) is 37.7. The van der Waals surface area contributed by atoms with Gasteiger partial charge in [-0.2, -0.15) is 0 Å². The number of benzene rings is 1. The molecule has 0 bridgehead atoms. The number of likely N-dealkylation sites (N-methyl/N-ethyl adjacent to an activating group) is 2. The molecule has 0 aliphatic carbocycles. The van der Waals surface area contributed by atoms with E-state index in [0.29, 0.717) is 19.4 Å². The maximum atomic E-state index is 14.4. The standard InChI is InChI=1S/C45H77N5O8/c1-13-15-16-20-25-48(9)39(30(5)6)43(53)47-38(29(3)4)44(54)49(10)40(31(7)14-2)36(57-11)28-37(51)50-26-21-24-35(50)41(58-12)32(8)42(52)46-34(45(55)56)27-33-22-18-17-19-23-33/h17-19,22-23,29-32,34-36,38-41H,13-16,20-21,24-28H2,1-12H3,(H,46,52)(H,47,53)(H,55,56)/t31-,32+,34-,35-,36+,38-,39-,40-,41+/m0/s1. The number of carboxylic acids is 1. The van der Waals surface area contributed by atoms with Crippen LogP contribution in [0.25, 0.3) is 0 Å². The zero-order chi connectivity index (χ0) is 43.7. The first kappa shape index (κ1) is 50.6. The van der Waals surface area contributed by atoms with Crippen molar-refractivity contribution in [3.05, 3.63) is 35.9 Å². The topological polar surface area (TPSA) is 158 Å². The van der Waals surface area contributed by atoms with Gasteiger partial charge in [0.25, 0.3) is 0 Å². The molecule has 0 unspecified atom stereocenters. The Morgan fingerprint density at radius 3 is 2.07 bits per heavy atom. The molecular formula is C45H77N5O8. The van der Waals surface area contributed by atoms with E-state index in [1.165, 1.54) is 7.11 Å². The second-order valence-corrected chi connectivity index (χ2v) is 17.1. The highest BCUT2D eigenvalue weighted by Crippen LogP contribution is 2.30. The van der Waals surface area contributed by atoms with Crippen LogP contribution in [0.1, 0.15) is 112 Å². The van der Waals surface area contributed by atoms with Crippen molar-refractivity contribution < 1.29 is 38.6 Å². The van der Waals surface area contributed by atoms with Crippen LogP contribution >= 0.6 is 0 Å². The number of hydrogen-bond acceptors (Lipinski definition) is 8. The summed E-state index contributed by atoms with van der Waals surface area (Å²) < 4.78 is 11.9. The maximum absolute atomic E-state index is 14.4. The van der Waals surface area contributed by atoms with Gasteiger partial charge in [-0.25, -0.2) is 4.79 Å². The molecule has 1 aliphatic rings. The molecule has 0 saturated carbocycles. The number of likely N-dealkylation sites (tertiary alicyclic amines) is 1. The summed E-state index contributed by atoms with van der Waals surface area (Å²) in [5.74, 6) is -3.14. The number of methoxy groups -OCH3 is 2. The second kappa shape index (κ2) is 25.2. The molecule has 13 heteroatoms. The number of unbranched alkanes of at least 4 members (excludes halogenated alkanes) is 3. The molecule has 13 nitrogen and oxygen atoms in total. The molecule has 1 heterocycles. The highest BCUT2D eigenvalue weighted by molar-refractivity contribution is 5.90. The van der Waals surface area contributed by atoms with E-state index < -0.39 is 54.2 Å². The smallest absolute Gasteiger partial charge is 0.326 e. The van der Waals surface area contributed by atoms with Crippen molar-refractivity contribution >= 4 is 29.6 Å². The SMILES string of the molecule is CCCCCCN(C)[C@H](C(=O)N[C@H](C(=O)N(C)[C@@H]([C@@H](C)CC)[C@@H](CC(=O)N1CCC[C@H]1[C@H](OC)[C@@H](C)C(=O)N[C@@H](Cc1ccccc1)C(=O)O)OC)C(C)C)C(C)C. The number of nitrogens with one attached hydrogen (secondary N) is 2. The highest BCUT2D eigenvalue weighted by atomic mass is 16.5. The normalized spacial score (nSPS) is 18.6. The van der Waals surface area contributed by atoms with Crippen LogP contribution in [-0.2, 0) is 39.9 Å². The first-order valence-electron chi connectivity index (χ1n) is 21.6. The Labute approximate surface area is 349 Å². The minimum absolute atomic E-state index is 0.00818. The third-order valence-corrected chi connectivity index (χ3v) is 12.1. The Morgan fingerprint density at radius 2 is 1.53 bits per heavy atom. The monoisotopic (exact) mass is 816 g/mol.